The van der Waals surface area contributed by atoms with Gasteiger partial charge in [-0.15, -0.1) is 13.2 Å². The van der Waals surface area contributed by atoms with E-state index in [1.54, 1.807) is 13.8 Å². The topological polar surface area (TPSA) is 67.9 Å². The molecule has 0 unspecified atom stereocenters. The van der Waals surface area contributed by atoms with Crippen LogP contribution in [0.3, 0.4) is 0 Å². The van der Waals surface area contributed by atoms with Crippen LogP contribution < -0.4 is 10.2 Å². The van der Waals surface area contributed by atoms with Crippen molar-refractivity contribution in [3.63, 3.8) is 0 Å². The summed E-state index contributed by atoms with van der Waals surface area (Å²) in [6.07, 6.45) is -1.82. The number of aromatic nitrogens is 3. The Bertz CT molecular complexity index is 1030. The van der Waals surface area contributed by atoms with E-state index >= 15 is 0 Å². The second kappa shape index (κ2) is 7.03. The van der Waals surface area contributed by atoms with Gasteiger partial charge in [-0.25, -0.2) is 9.97 Å². The molecule has 0 radical (unpaired) electrons. The number of aromatic amines is 1. The molecule has 0 aliphatic carbocycles. The van der Waals surface area contributed by atoms with Crippen LogP contribution in [0.4, 0.5) is 13.2 Å². The van der Waals surface area contributed by atoms with E-state index < -0.39 is 6.36 Å². The highest BCUT2D eigenvalue weighted by molar-refractivity contribution is 6.31. The molecule has 0 saturated heterocycles. The SMILES string of the molecule is Cc1[nH]c(C)c(-c2cnc(-c3ccc(OC(F)(F)F)cc3)nc2)c(=O)c1Cl. The molecule has 3 rings (SSSR count). The molecule has 0 saturated carbocycles. The van der Waals surface area contributed by atoms with Crippen LogP contribution in [0.25, 0.3) is 22.5 Å². The molecule has 0 fully saturated rings. The molecular formula is C18H13ClF3N3O2. The van der Waals surface area contributed by atoms with E-state index in [0.717, 1.165) is 0 Å². The smallest absolute Gasteiger partial charge is 0.406 e. The molecule has 9 heteroatoms. The molecule has 0 spiro atoms. The van der Waals surface area contributed by atoms with E-state index in [2.05, 4.69) is 19.7 Å². The lowest BCUT2D eigenvalue weighted by atomic mass is 10.1. The van der Waals surface area contributed by atoms with Gasteiger partial charge >= 0.3 is 6.36 Å². The molecule has 2 aromatic heterocycles. The van der Waals surface area contributed by atoms with Crippen LogP contribution in [0.1, 0.15) is 11.4 Å². The summed E-state index contributed by atoms with van der Waals surface area (Å²) in [5, 5.41) is 0.0972. The number of hydrogen-bond acceptors (Lipinski definition) is 4. The summed E-state index contributed by atoms with van der Waals surface area (Å²) >= 11 is 6.02. The van der Waals surface area contributed by atoms with Crippen LogP contribution in [0.5, 0.6) is 5.75 Å². The number of nitrogens with one attached hydrogen (secondary N) is 1. The molecule has 0 atom stereocenters. The maximum Gasteiger partial charge on any atom is 0.573 e. The molecule has 0 amide bonds. The van der Waals surface area contributed by atoms with Gasteiger partial charge in [-0.1, -0.05) is 11.6 Å². The van der Waals surface area contributed by atoms with Gasteiger partial charge in [0.15, 0.2) is 5.82 Å². The zero-order chi connectivity index (χ0) is 19.8. The molecule has 1 N–H and O–H groups in total. The number of benzene rings is 1. The number of nitrogens with zero attached hydrogens (tertiary/aromatic N) is 2. The highest BCUT2D eigenvalue weighted by Crippen LogP contribution is 2.26. The Kier molecular flexibility index (Phi) is 4.93. The van der Waals surface area contributed by atoms with Gasteiger partial charge in [0.25, 0.3) is 0 Å². The van der Waals surface area contributed by atoms with Gasteiger partial charge in [0.1, 0.15) is 10.8 Å². The van der Waals surface area contributed by atoms with Gasteiger partial charge in [-0.3, -0.25) is 4.79 Å². The summed E-state index contributed by atoms with van der Waals surface area (Å²) in [6.45, 7) is 3.44. The first-order chi connectivity index (χ1) is 12.7. The summed E-state index contributed by atoms with van der Waals surface area (Å²) in [7, 11) is 0. The van der Waals surface area contributed by atoms with Crippen LogP contribution in [0, 0.1) is 13.8 Å². The Balaban J connectivity index is 1.91. The van der Waals surface area contributed by atoms with Gasteiger partial charge < -0.3 is 9.72 Å². The molecule has 1 aromatic carbocycles. The lowest BCUT2D eigenvalue weighted by Crippen LogP contribution is -2.16. The lowest BCUT2D eigenvalue weighted by Gasteiger charge is -2.10. The van der Waals surface area contributed by atoms with Crippen molar-refractivity contribution in [1.82, 2.24) is 15.0 Å². The second-order valence-corrected chi connectivity index (χ2v) is 6.14. The van der Waals surface area contributed by atoms with Crippen LogP contribution in [0.15, 0.2) is 41.5 Å². The standard InChI is InChI=1S/C18H13ClF3N3O2/c1-9-14(16(26)15(19)10(2)25-9)12-7-23-17(24-8-12)11-3-5-13(6-4-11)27-18(20,21)22/h3-8H,1-2H3,(H,25,26). The number of aryl methyl sites for hydroxylation is 2. The fourth-order valence-corrected chi connectivity index (χ4v) is 2.75. The number of pyridine rings is 1. The Hall–Kier alpha value is -2.87. The van der Waals surface area contributed by atoms with Crippen molar-refractivity contribution in [2.75, 3.05) is 0 Å². The summed E-state index contributed by atoms with van der Waals surface area (Å²) < 4.78 is 40.4. The van der Waals surface area contributed by atoms with Gasteiger partial charge in [0.05, 0.1) is 5.56 Å². The van der Waals surface area contributed by atoms with Crippen molar-refractivity contribution in [3.05, 3.63) is 63.3 Å². The average Bonchev–Trinajstić information content (AvgIpc) is 2.60. The highest BCUT2D eigenvalue weighted by atomic mass is 35.5. The van der Waals surface area contributed by atoms with Gasteiger partial charge in [0, 0.05) is 34.9 Å². The largest absolute Gasteiger partial charge is 0.573 e. The first-order valence-electron chi connectivity index (χ1n) is 7.73. The predicted octanol–water partition coefficient (Wildman–Crippen LogP) is 4.67. The van der Waals surface area contributed by atoms with Crippen LogP contribution in [-0.2, 0) is 0 Å². The van der Waals surface area contributed by atoms with Crippen molar-refractivity contribution >= 4 is 11.6 Å². The van der Waals surface area contributed by atoms with Crippen molar-refractivity contribution in [1.29, 1.82) is 0 Å². The number of halogens is 4. The zero-order valence-corrected chi connectivity index (χ0v) is 14.9. The predicted molar refractivity (Wildman–Crippen MR) is 94.7 cm³/mol. The molecule has 0 aliphatic rings. The Morgan fingerprint density at radius 2 is 1.59 bits per heavy atom. The molecule has 27 heavy (non-hydrogen) atoms. The van der Waals surface area contributed by atoms with Crippen molar-refractivity contribution < 1.29 is 17.9 Å². The first-order valence-corrected chi connectivity index (χ1v) is 8.11. The molecule has 0 bridgehead atoms. The van der Waals surface area contributed by atoms with Gasteiger partial charge in [-0.05, 0) is 38.1 Å². The molecular weight excluding hydrogens is 383 g/mol. The molecule has 140 valence electrons. The Morgan fingerprint density at radius 1 is 1.00 bits per heavy atom. The van der Waals surface area contributed by atoms with E-state index in [0.29, 0.717) is 33.9 Å². The maximum absolute atomic E-state index is 12.4. The second-order valence-electron chi connectivity index (χ2n) is 5.76. The quantitative estimate of drug-likeness (QED) is 0.700. The molecule has 2 heterocycles. The minimum Gasteiger partial charge on any atom is -0.406 e. The number of ether oxygens (including phenoxy) is 1. The van der Waals surface area contributed by atoms with E-state index in [1.807, 2.05) is 0 Å². The lowest BCUT2D eigenvalue weighted by molar-refractivity contribution is -0.274. The molecule has 0 aliphatic heterocycles. The van der Waals surface area contributed by atoms with Crippen molar-refractivity contribution in [3.8, 4) is 28.3 Å². The Labute approximate surface area is 156 Å². The summed E-state index contributed by atoms with van der Waals surface area (Å²) in [5.74, 6) is -0.0380. The normalized spacial score (nSPS) is 11.5. The third kappa shape index (κ3) is 4.11. The van der Waals surface area contributed by atoms with Crippen LogP contribution in [0.2, 0.25) is 5.02 Å². The molecule has 5 nitrogen and oxygen atoms in total. The van der Waals surface area contributed by atoms with Crippen molar-refractivity contribution in [2.45, 2.75) is 20.2 Å². The number of hydrogen-bond donors (Lipinski definition) is 1. The summed E-state index contributed by atoms with van der Waals surface area (Å²) in [4.78, 5) is 23.8. The maximum atomic E-state index is 12.4. The highest BCUT2D eigenvalue weighted by Gasteiger charge is 2.31. The minimum absolute atomic E-state index is 0.0972. The van der Waals surface area contributed by atoms with Gasteiger partial charge in [-0.2, -0.15) is 0 Å². The first kappa shape index (κ1) is 18.9. The van der Waals surface area contributed by atoms with E-state index in [-0.39, 0.29) is 16.2 Å². The Morgan fingerprint density at radius 3 is 2.15 bits per heavy atom. The van der Waals surface area contributed by atoms with Crippen LogP contribution in [-0.4, -0.2) is 21.3 Å². The van der Waals surface area contributed by atoms with E-state index in [1.165, 1.54) is 36.7 Å². The van der Waals surface area contributed by atoms with E-state index in [9.17, 15) is 18.0 Å². The fraction of sp³-hybridized carbons (Fsp3) is 0.167. The zero-order valence-electron chi connectivity index (χ0n) is 14.2. The summed E-state index contributed by atoms with van der Waals surface area (Å²) in [5.41, 5.74) is 2.23. The number of H-pyrrole nitrogens is 1. The monoisotopic (exact) mass is 395 g/mol. The number of rotatable bonds is 3. The fourth-order valence-electron chi connectivity index (χ4n) is 2.61. The third-order valence-corrected chi connectivity index (χ3v) is 4.25. The van der Waals surface area contributed by atoms with Crippen molar-refractivity contribution in [2.24, 2.45) is 0 Å². The summed E-state index contributed by atoms with van der Waals surface area (Å²) in [6, 6.07) is 5.18. The number of alkyl halides is 3. The average molecular weight is 396 g/mol. The third-order valence-electron chi connectivity index (χ3n) is 3.79. The molecule has 3 aromatic rings. The minimum atomic E-state index is -4.75. The van der Waals surface area contributed by atoms with E-state index in [4.69, 9.17) is 11.6 Å². The van der Waals surface area contributed by atoms with Crippen LogP contribution >= 0.6 is 11.6 Å². The van der Waals surface area contributed by atoms with Gasteiger partial charge in [0.2, 0.25) is 5.43 Å².